The second kappa shape index (κ2) is 20.3. The molecule has 1 aliphatic rings. The number of nitrogens with one attached hydrogen (secondary N) is 1. The van der Waals surface area contributed by atoms with E-state index in [-0.39, 0.29) is 12.8 Å². The highest BCUT2D eigenvalue weighted by atomic mass is 16.6. The Morgan fingerprint density at radius 1 is 0.543 bits per heavy atom. The zero-order valence-electron chi connectivity index (χ0n) is 22.2. The topological polar surface area (TPSA) is 98.8 Å². The molecule has 1 saturated heterocycles. The summed E-state index contributed by atoms with van der Waals surface area (Å²) in [6, 6.07) is 0. The third-order valence-corrected chi connectivity index (χ3v) is 6.52. The van der Waals surface area contributed by atoms with E-state index in [2.05, 4.69) is 19.2 Å². The molecule has 0 aromatic rings. The van der Waals surface area contributed by atoms with E-state index in [0.717, 1.165) is 38.5 Å². The van der Waals surface area contributed by atoms with Gasteiger partial charge in [0.05, 0.1) is 0 Å². The third kappa shape index (κ3) is 14.9. The smallest absolute Gasteiger partial charge is 0.306 e. The van der Waals surface area contributed by atoms with Crippen LogP contribution >= 0.6 is 0 Å². The first-order chi connectivity index (χ1) is 17.0. The zero-order chi connectivity index (χ0) is 25.7. The molecule has 1 aliphatic heterocycles. The number of amides is 2. The molecule has 2 unspecified atom stereocenters. The van der Waals surface area contributed by atoms with Crippen molar-refractivity contribution >= 4 is 23.8 Å². The Balaban J connectivity index is 2.21. The molecule has 0 saturated carbocycles. The molecule has 35 heavy (non-hydrogen) atoms. The molecule has 1 fully saturated rings. The number of hydrogen-bond donors (Lipinski definition) is 1. The van der Waals surface area contributed by atoms with Crippen LogP contribution in [0.3, 0.4) is 0 Å². The van der Waals surface area contributed by atoms with Crippen LogP contribution in [-0.4, -0.2) is 36.0 Å². The molecule has 0 aromatic heterocycles. The highest BCUT2D eigenvalue weighted by Crippen LogP contribution is 2.17. The monoisotopic (exact) mass is 495 g/mol. The van der Waals surface area contributed by atoms with Gasteiger partial charge < -0.3 is 9.47 Å². The summed E-state index contributed by atoms with van der Waals surface area (Å²) in [6.07, 6.45) is 17.9. The highest BCUT2D eigenvalue weighted by Gasteiger charge is 2.47. The Hall–Kier alpha value is -1.92. The van der Waals surface area contributed by atoms with Gasteiger partial charge in [-0.2, -0.15) is 0 Å². The number of imide groups is 1. The summed E-state index contributed by atoms with van der Waals surface area (Å²) in [5.41, 5.74) is 0. The first kappa shape index (κ1) is 31.1. The van der Waals surface area contributed by atoms with Gasteiger partial charge in [-0.25, -0.2) is 0 Å². The van der Waals surface area contributed by atoms with Crippen molar-refractivity contribution in [2.45, 2.75) is 154 Å². The first-order valence-corrected chi connectivity index (χ1v) is 14.2. The Morgan fingerprint density at radius 3 is 1.14 bits per heavy atom. The highest BCUT2D eigenvalue weighted by molar-refractivity contribution is 6.09. The minimum absolute atomic E-state index is 0.187. The van der Waals surface area contributed by atoms with Gasteiger partial charge in [0.25, 0.3) is 11.8 Å². The number of unbranched alkanes of at least 4 members (excludes halogenated alkanes) is 16. The lowest BCUT2D eigenvalue weighted by Gasteiger charge is -2.17. The Kier molecular flexibility index (Phi) is 18.0. The van der Waals surface area contributed by atoms with Crippen LogP contribution in [0.1, 0.15) is 142 Å². The minimum atomic E-state index is -1.39. The van der Waals surface area contributed by atoms with Gasteiger partial charge in [0, 0.05) is 12.8 Å². The van der Waals surface area contributed by atoms with Crippen LogP contribution in [0.5, 0.6) is 0 Å². The summed E-state index contributed by atoms with van der Waals surface area (Å²) < 4.78 is 10.5. The fourth-order valence-electron chi connectivity index (χ4n) is 4.33. The number of ether oxygens (including phenoxy) is 2. The van der Waals surface area contributed by atoms with Crippen molar-refractivity contribution in [3.63, 3.8) is 0 Å². The summed E-state index contributed by atoms with van der Waals surface area (Å²) in [7, 11) is 0. The second-order valence-corrected chi connectivity index (χ2v) is 9.83. The van der Waals surface area contributed by atoms with E-state index in [1.54, 1.807) is 0 Å². The maximum atomic E-state index is 12.2. The van der Waals surface area contributed by atoms with Gasteiger partial charge in [0.1, 0.15) is 0 Å². The fourth-order valence-corrected chi connectivity index (χ4v) is 4.33. The van der Waals surface area contributed by atoms with Crippen LogP contribution in [0.4, 0.5) is 0 Å². The largest absolute Gasteiger partial charge is 0.448 e. The van der Waals surface area contributed by atoms with E-state index in [9.17, 15) is 19.2 Å². The lowest BCUT2D eigenvalue weighted by atomic mass is 10.1. The molecule has 1 rings (SSSR count). The molecule has 0 spiro atoms. The lowest BCUT2D eigenvalue weighted by Crippen LogP contribution is -2.37. The quantitative estimate of drug-likeness (QED) is 0.107. The normalized spacial score (nSPS) is 17.4. The van der Waals surface area contributed by atoms with Crippen molar-refractivity contribution < 1.29 is 28.7 Å². The molecule has 2 amide bonds. The van der Waals surface area contributed by atoms with Crippen LogP contribution in [0, 0.1) is 0 Å². The van der Waals surface area contributed by atoms with Crippen LogP contribution in [-0.2, 0) is 28.7 Å². The molecule has 0 aromatic carbocycles. The maximum Gasteiger partial charge on any atom is 0.306 e. The Morgan fingerprint density at radius 2 is 0.829 bits per heavy atom. The Labute approximate surface area is 212 Å². The molecular weight excluding hydrogens is 446 g/mol. The van der Waals surface area contributed by atoms with E-state index in [4.69, 9.17) is 9.47 Å². The van der Waals surface area contributed by atoms with Crippen LogP contribution in [0.25, 0.3) is 0 Å². The predicted molar refractivity (Wildman–Crippen MR) is 137 cm³/mol. The van der Waals surface area contributed by atoms with Crippen molar-refractivity contribution in [2.24, 2.45) is 0 Å². The molecule has 1 N–H and O–H groups in total. The van der Waals surface area contributed by atoms with Gasteiger partial charge in [-0.15, -0.1) is 0 Å². The summed E-state index contributed by atoms with van der Waals surface area (Å²) in [6.45, 7) is 4.41. The molecule has 202 valence electrons. The second-order valence-electron chi connectivity index (χ2n) is 9.83. The maximum absolute atomic E-state index is 12.2. The van der Waals surface area contributed by atoms with Gasteiger partial charge >= 0.3 is 11.9 Å². The first-order valence-electron chi connectivity index (χ1n) is 14.2. The van der Waals surface area contributed by atoms with Gasteiger partial charge in [-0.1, -0.05) is 117 Å². The molecule has 7 nitrogen and oxygen atoms in total. The SMILES string of the molecule is CCCCCCCCCCCC(=O)OC1C(=O)NC(=O)C1OC(=O)CCCCCCCCCCC. The average molecular weight is 496 g/mol. The van der Waals surface area contributed by atoms with Crippen molar-refractivity contribution in [1.29, 1.82) is 0 Å². The third-order valence-electron chi connectivity index (χ3n) is 6.52. The summed E-state index contributed by atoms with van der Waals surface area (Å²) in [4.78, 5) is 48.5. The average Bonchev–Trinajstić information content (AvgIpc) is 3.08. The molecule has 0 aliphatic carbocycles. The molecule has 0 bridgehead atoms. The van der Waals surface area contributed by atoms with Gasteiger partial charge in [-0.3, -0.25) is 24.5 Å². The van der Waals surface area contributed by atoms with Crippen LogP contribution < -0.4 is 5.32 Å². The van der Waals surface area contributed by atoms with Crippen LogP contribution in [0.15, 0.2) is 0 Å². The zero-order valence-corrected chi connectivity index (χ0v) is 22.2. The summed E-state index contributed by atoms with van der Waals surface area (Å²) in [5, 5.41) is 2.11. The molecular formula is C28H49NO6. The standard InChI is InChI=1S/C28H49NO6/c1-3-5-7-9-11-13-15-17-19-21-23(30)34-25-26(28(33)29-27(25)32)35-24(31)22-20-18-16-14-12-10-8-6-4-2/h25-26H,3-22H2,1-2H3,(H,29,32,33). The van der Waals surface area contributed by atoms with Crippen molar-refractivity contribution in [3.05, 3.63) is 0 Å². The number of hydrogen-bond acceptors (Lipinski definition) is 6. The minimum Gasteiger partial charge on any atom is -0.448 e. The summed E-state index contributed by atoms with van der Waals surface area (Å²) >= 11 is 0. The molecule has 1 heterocycles. The molecule has 2 atom stereocenters. The van der Waals surface area contributed by atoms with E-state index in [1.165, 1.54) is 64.2 Å². The van der Waals surface area contributed by atoms with Crippen molar-refractivity contribution in [2.75, 3.05) is 0 Å². The van der Waals surface area contributed by atoms with E-state index < -0.39 is 36.0 Å². The summed E-state index contributed by atoms with van der Waals surface area (Å²) in [5.74, 6) is -2.53. The van der Waals surface area contributed by atoms with Crippen LogP contribution in [0.2, 0.25) is 0 Å². The van der Waals surface area contributed by atoms with E-state index in [0.29, 0.717) is 12.8 Å². The van der Waals surface area contributed by atoms with E-state index >= 15 is 0 Å². The van der Waals surface area contributed by atoms with Gasteiger partial charge in [0.2, 0.25) is 12.2 Å². The number of carbonyl (C=O) groups excluding carboxylic acids is 4. The number of esters is 2. The molecule has 0 radical (unpaired) electrons. The number of rotatable bonds is 22. The van der Waals surface area contributed by atoms with E-state index in [1.807, 2.05) is 0 Å². The lowest BCUT2D eigenvalue weighted by molar-refractivity contribution is -0.169. The predicted octanol–water partition coefficient (Wildman–Crippen LogP) is 6.31. The fraction of sp³-hybridized carbons (Fsp3) is 0.857. The van der Waals surface area contributed by atoms with Crippen molar-refractivity contribution in [1.82, 2.24) is 5.32 Å². The van der Waals surface area contributed by atoms with Gasteiger partial charge in [-0.05, 0) is 12.8 Å². The Bertz CT molecular complexity index is 569. The number of carbonyl (C=O) groups is 4. The van der Waals surface area contributed by atoms with Gasteiger partial charge in [0.15, 0.2) is 0 Å². The van der Waals surface area contributed by atoms with Crippen molar-refractivity contribution in [3.8, 4) is 0 Å². The molecule has 7 heteroatoms.